The van der Waals surface area contributed by atoms with E-state index in [4.69, 9.17) is 4.74 Å². The predicted octanol–water partition coefficient (Wildman–Crippen LogP) is -0.0443. The monoisotopic (exact) mass is 350 g/mol. The van der Waals surface area contributed by atoms with Crippen molar-refractivity contribution in [2.75, 3.05) is 13.2 Å². The SMILES string of the molecule is CCOC1CCC2CC(O)C(N3CC(=O)NS3(=O)=O)C(F)C2C1. The third kappa shape index (κ3) is 3.11. The van der Waals surface area contributed by atoms with Crippen molar-refractivity contribution in [2.24, 2.45) is 11.8 Å². The zero-order valence-corrected chi connectivity index (χ0v) is 13.8. The minimum atomic E-state index is -4.06. The van der Waals surface area contributed by atoms with Gasteiger partial charge in [0.05, 0.1) is 24.8 Å². The summed E-state index contributed by atoms with van der Waals surface area (Å²) in [6.45, 7) is 2.02. The number of rotatable bonds is 3. The Morgan fingerprint density at radius 2 is 2.13 bits per heavy atom. The second-order valence-corrected chi connectivity index (χ2v) is 8.25. The minimum Gasteiger partial charge on any atom is -0.391 e. The third-order valence-corrected chi connectivity index (χ3v) is 6.74. The molecule has 132 valence electrons. The molecule has 3 rings (SSSR count). The van der Waals surface area contributed by atoms with Crippen molar-refractivity contribution in [3.63, 3.8) is 0 Å². The standard InChI is InChI=1S/C14H23FN2O5S/c1-2-22-9-4-3-8-5-11(18)14(13(15)10(8)6-9)17-7-12(19)16-23(17,20)21/h8-11,13-14,18H,2-7H2,1H3,(H,16,19). The molecule has 1 aliphatic heterocycles. The van der Waals surface area contributed by atoms with Crippen molar-refractivity contribution in [3.05, 3.63) is 0 Å². The summed E-state index contributed by atoms with van der Waals surface area (Å²) in [6, 6.07) is -1.21. The Bertz CT molecular complexity index is 572. The van der Waals surface area contributed by atoms with Crippen LogP contribution in [-0.4, -0.2) is 61.3 Å². The maximum atomic E-state index is 15.1. The summed E-state index contributed by atoms with van der Waals surface area (Å²) in [4.78, 5) is 11.4. The molecule has 3 aliphatic rings. The lowest BCUT2D eigenvalue weighted by Crippen LogP contribution is -2.59. The number of alkyl halides is 1. The summed E-state index contributed by atoms with van der Waals surface area (Å²) >= 11 is 0. The van der Waals surface area contributed by atoms with E-state index in [0.29, 0.717) is 19.4 Å². The minimum absolute atomic E-state index is 0.0228. The average Bonchev–Trinajstić information content (AvgIpc) is 2.73. The largest absolute Gasteiger partial charge is 0.391 e. The highest BCUT2D eigenvalue weighted by atomic mass is 32.2. The maximum absolute atomic E-state index is 15.1. The van der Waals surface area contributed by atoms with Crippen LogP contribution in [-0.2, 0) is 19.7 Å². The molecule has 0 spiro atoms. The van der Waals surface area contributed by atoms with Crippen LogP contribution in [0.4, 0.5) is 4.39 Å². The molecule has 2 saturated carbocycles. The Labute approximate surface area is 135 Å². The lowest BCUT2D eigenvalue weighted by Gasteiger charge is -2.47. The number of halogens is 1. The number of hydrogen-bond acceptors (Lipinski definition) is 5. The summed E-state index contributed by atoms with van der Waals surface area (Å²) in [5.41, 5.74) is 0. The van der Waals surface area contributed by atoms with E-state index in [1.807, 2.05) is 11.6 Å². The Kier molecular flexibility index (Phi) is 4.65. The molecule has 0 radical (unpaired) electrons. The molecule has 1 heterocycles. The van der Waals surface area contributed by atoms with Gasteiger partial charge in [-0.25, -0.2) is 9.11 Å². The Morgan fingerprint density at radius 3 is 2.74 bits per heavy atom. The molecule has 7 nitrogen and oxygen atoms in total. The fourth-order valence-corrected chi connectivity index (χ4v) is 5.62. The topological polar surface area (TPSA) is 95.9 Å². The van der Waals surface area contributed by atoms with Crippen LogP contribution in [0.1, 0.15) is 32.6 Å². The molecule has 2 aliphatic carbocycles. The molecule has 3 fully saturated rings. The normalized spacial score (nSPS) is 43.9. The van der Waals surface area contributed by atoms with Crippen LogP contribution in [0.5, 0.6) is 0 Å². The van der Waals surface area contributed by atoms with E-state index in [1.54, 1.807) is 0 Å². The fourth-order valence-electron chi connectivity index (χ4n) is 4.29. The number of aliphatic hydroxyl groups is 1. The summed E-state index contributed by atoms with van der Waals surface area (Å²) in [7, 11) is -4.06. The van der Waals surface area contributed by atoms with Gasteiger partial charge in [-0.15, -0.1) is 0 Å². The van der Waals surface area contributed by atoms with Gasteiger partial charge in [-0.1, -0.05) is 0 Å². The second kappa shape index (κ2) is 6.27. The Hall–Kier alpha value is -0.770. The molecule has 0 aromatic carbocycles. The number of aliphatic hydroxyl groups excluding tert-OH is 1. The average molecular weight is 350 g/mol. The van der Waals surface area contributed by atoms with Crippen molar-refractivity contribution in [1.29, 1.82) is 0 Å². The number of amides is 1. The van der Waals surface area contributed by atoms with Crippen molar-refractivity contribution in [3.8, 4) is 0 Å². The number of carbonyl (C=O) groups is 1. The lowest BCUT2D eigenvalue weighted by molar-refractivity contribution is -0.120. The van der Waals surface area contributed by atoms with E-state index >= 15 is 4.39 Å². The lowest BCUT2D eigenvalue weighted by atomic mass is 9.66. The first-order valence-corrected chi connectivity index (χ1v) is 9.53. The van der Waals surface area contributed by atoms with Crippen molar-refractivity contribution >= 4 is 16.1 Å². The molecule has 0 aromatic heterocycles. The molecule has 6 unspecified atom stereocenters. The van der Waals surface area contributed by atoms with Crippen molar-refractivity contribution < 1.29 is 27.4 Å². The van der Waals surface area contributed by atoms with E-state index in [-0.39, 0.29) is 17.9 Å². The summed E-state index contributed by atoms with van der Waals surface area (Å²) < 4.78 is 47.3. The van der Waals surface area contributed by atoms with E-state index in [0.717, 1.165) is 17.1 Å². The van der Waals surface area contributed by atoms with Gasteiger partial charge in [0.15, 0.2) is 0 Å². The van der Waals surface area contributed by atoms with Gasteiger partial charge >= 0.3 is 10.2 Å². The van der Waals surface area contributed by atoms with E-state index < -0.39 is 41.0 Å². The van der Waals surface area contributed by atoms with Gasteiger partial charge in [0.1, 0.15) is 6.17 Å². The molecular weight excluding hydrogens is 327 g/mol. The number of nitrogens with one attached hydrogen (secondary N) is 1. The quantitative estimate of drug-likeness (QED) is 0.744. The predicted molar refractivity (Wildman–Crippen MR) is 79.3 cm³/mol. The highest BCUT2D eigenvalue weighted by molar-refractivity contribution is 7.88. The molecule has 9 heteroatoms. The number of ether oxygens (including phenoxy) is 1. The highest BCUT2D eigenvalue weighted by Crippen LogP contribution is 2.44. The number of carbonyl (C=O) groups excluding carboxylic acids is 1. The smallest absolute Gasteiger partial charge is 0.304 e. The van der Waals surface area contributed by atoms with E-state index in [9.17, 15) is 18.3 Å². The van der Waals surface area contributed by atoms with Gasteiger partial charge < -0.3 is 9.84 Å². The molecule has 6 atom stereocenters. The van der Waals surface area contributed by atoms with Crippen LogP contribution in [0.25, 0.3) is 0 Å². The van der Waals surface area contributed by atoms with Gasteiger partial charge in [0.2, 0.25) is 5.91 Å². The van der Waals surface area contributed by atoms with Crippen LogP contribution >= 0.6 is 0 Å². The van der Waals surface area contributed by atoms with Crippen molar-refractivity contribution in [2.45, 2.75) is 57.0 Å². The molecular formula is C14H23FN2O5S. The Morgan fingerprint density at radius 1 is 1.39 bits per heavy atom. The summed E-state index contributed by atoms with van der Waals surface area (Å²) in [6.07, 6.45) is -0.144. The molecule has 0 bridgehead atoms. The van der Waals surface area contributed by atoms with E-state index in [2.05, 4.69) is 0 Å². The van der Waals surface area contributed by atoms with Crippen LogP contribution in [0.3, 0.4) is 0 Å². The summed E-state index contributed by atoms with van der Waals surface area (Å²) in [5, 5.41) is 10.3. The molecule has 1 saturated heterocycles. The first-order chi connectivity index (χ1) is 10.8. The van der Waals surface area contributed by atoms with E-state index in [1.165, 1.54) is 0 Å². The van der Waals surface area contributed by atoms with Crippen LogP contribution in [0.2, 0.25) is 0 Å². The van der Waals surface area contributed by atoms with Gasteiger partial charge in [0.25, 0.3) is 0 Å². The van der Waals surface area contributed by atoms with Gasteiger partial charge in [0, 0.05) is 6.61 Å². The fraction of sp³-hybridized carbons (Fsp3) is 0.929. The molecule has 2 N–H and O–H groups in total. The molecule has 0 aromatic rings. The zero-order valence-electron chi connectivity index (χ0n) is 13.0. The Balaban J connectivity index is 1.81. The maximum Gasteiger partial charge on any atom is 0.304 e. The molecule has 23 heavy (non-hydrogen) atoms. The first kappa shape index (κ1) is 17.1. The van der Waals surface area contributed by atoms with Gasteiger partial charge in [-0.2, -0.15) is 12.7 Å². The van der Waals surface area contributed by atoms with Gasteiger partial charge in [-0.3, -0.25) is 4.79 Å². The third-order valence-electron chi connectivity index (χ3n) is 5.26. The van der Waals surface area contributed by atoms with Crippen LogP contribution < -0.4 is 4.72 Å². The van der Waals surface area contributed by atoms with Crippen molar-refractivity contribution in [1.82, 2.24) is 9.03 Å². The van der Waals surface area contributed by atoms with Crippen LogP contribution in [0.15, 0.2) is 0 Å². The second-order valence-electron chi connectivity index (χ2n) is 6.63. The highest BCUT2D eigenvalue weighted by Gasteiger charge is 2.53. The van der Waals surface area contributed by atoms with Gasteiger partial charge in [-0.05, 0) is 44.4 Å². The number of nitrogens with zero attached hydrogens (tertiary/aromatic N) is 1. The molecule has 1 amide bonds. The summed E-state index contributed by atoms with van der Waals surface area (Å²) in [5.74, 6) is -1.01. The van der Waals surface area contributed by atoms with Crippen LogP contribution in [0, 0.1) is 11.8 Å². The number of fused-ring (bicyclic) bond motifs is 1. The number of hydrogen-bond donors (Lipinski definition) is 2. The zero-order chi connectivity index (χ0) is 16.8. The first-order valence-electron chi connectivity index (χ1n) is 8.09.